The molecule has 3 heteroatoms. The Kier molecular flexibility index (Phi) is 1.90. The molecule has 0 unspecified atom stereocenters. The molecule has 17 heavy (non-hydrogen) atoms. The van der Waals surface area contributed by atoms with Crippen LogP contribution in [0.2, 0.25) is 0 Å². The van der Waals surface area contributed by atoms with Crippen LogP contribution in [-0.2, 0) is 6.42 Å². The highest BCUT2D eigenvalue weighted by atomic mass is 15.0. The van der Waals surface area contributed by atoms with Crippen molar-refractivity contribution in [3.05, 3.63) is 35.5 Å². The number of hydrogen-bond acceptors (Lipinski definition) is 2. The molecule has 4 N–H and O–H groups in total. The van der Waals surface area contributed by atoms with Gasteiger partial charge in [0.15, 0.2) is 0 Å². The van der Waals surface area contributed by atoms with Crippen molar-refractivity contribution in [2.45, 2.75) is 30.8 Å². The Bertz CT molecular complexity index is 572. The normalized spacial score (nSPS) is 31.5. The second kappa shape index (κ2) is 3.34. The lowest BCUT2D eigenvalue weighted by molar-refractivity contribution is 0.316. The molecule has 0 amide bonds. The first kappa shape index (κ1) is 9.68. The van der Waals surface area contributed by atoms with E-state index in [4.69, 9.17) is 5.73 Å². The van der Waals surface area contributed by atoms with Gasteiger partial charge < -0.3 is 16.0 Å². The first-order valence-corrected chi connectivity index (χ1v) is 6.41. The van der Waals surface area contributed by atoms with Gasteiger partial charge in [-0.05, 0) is 30.0 Å². The van der Waals surface area contributed by atoms with Gasteiger partial charge in [0.05, 0.1) is 0 Å². The predicted molar refractivity (Wildman–Crippen MR) is 69.1 cm³/mol. The van der Waals surface area contributed by atoms with E-state index < -0.39 is 0 Å². The Balaban J connectivity index is 1.92. The van der Waals surface area contributed by atoms with Crippen LogP contribution in [0, 0.1) is 0 Å². The van der Waals surface area contributed by atoms with Crippen molar-refractivity contribution in [1.29, 1.82) is 0 Å². The molecule has 4 rings (SSSR count). The molecule has 0 spiro atoms. The zero-order valence-electron chi connectivity index (χ0n) is 9.74. The van der Waals surface area contributed by atoms with Crippen molar-refractivity contribution in [3.8, 4) is 0 Å². The summed E-state index contributed by atoms with van der Waals surface area (Å²) in [6, 6.07) is 7.46. The fraction of sp³-hybridized carbons (Fsp3) is 0.429. The molecule has 2 heterocycles. The van der Waals surface area contributed by atoms with Crippen LogP contribution in [-0.4, -0.2) is 23.6 Å². The minimum Gasteiger partial charge on any atom is -0.361 e. The number of aromatic nitrogens is 1. The van der Waals surface area contributed by atoms with E-state index in [1.807, 2.05) is 0 Å². The molecule has 1 saturated heterocycles. The van der Waals surface area contributed by atoms with E-state index in [0.29, 0.717) is 18.0 Å². The fourth-order valence-electron chi connectivity index (χ4n) is 3.57. The monoisotopic (exact) mass is 227 g/mol. The topological polar surface area (TPSA) is 53.8 Å². The zero-order chi connectivity index (χ0) is 11.4. The van der Waals surface area contributed by atoms with E-state index in [1.54, 1.807) is 0 Å². The van der Waals surface area contributed by atoms with Crippen molar-refractivity contribution < 1.29 is 0 Å². The van der Waals surface area contributed by atoms with Gasteiger partial charge in [0.25, 0.3) is 0 Å². The molecule has 3 atom stereocenters. The summed E-state index contributed by atoms with van der Waals surface area (Å²) in [6.45, 7) is 0.955. The number of piperidine rings is 1. The molecular weight excluding hydrogens is 210 g/mol. The van der Waals surface area contributed by atoms with Gasteiger partial charge in [-0.3, -0.25) is 0 Å². The number of hydrogen-bond donors (Lipinski definition) is 3. The van der Waals surface area contributed by atoms with E-state index in [-0.39, 0.29) is 0 Å². The van der Waals surface area contributed by atoms with Gasteiger partial charge >= 0.3 is 0 Å². The van der Waals surface area contributed by atoms with E-state index in [0.717, 1.165) is 19.4 Å². The third kappa shape index (κ3) is 1.30. The van der Waals surface area contributed by atoms with Crippen molar-refractivity contribution >= 4 is 10.9 Å². The number of nitrogens with two attached hydrogens (primary N) is 1. The quantitative estimate of drug-likeness (QED) is 0.639. The Labute approximate surface area is 100 Å². The van der Waals surface area contributed by atoms with Crippen LogP contribution >= 0.6 is 0 Å². The molecule has 1 aromatic carbocycles. The molecule has 1 aliphatic carbocycles. The summed E-state index contributed by atoms with van der Waals surface area (Å²) in [4.78, 5) is 3.38. The van der Waals surface area contributed by atoms with Gasteiger partial charge in [-0.25, -0.2) is 0 Å². The lowest BCUT2D eigenvalue weighted by atomic mass is 9.75. The molecule has 0 radical (unpaired) electrons. The molecule has 2 aromatic rings. The highest BCUT2D eigenvalue weighted by molar-refractivity contribution is 5.88. The third-order valence-electron chi connectivity index (χ3n) is 4.34. The van der Waals surface area contributed by atoms with Gasteiger partial charge in [-0.15, -0.1) is 0 Å². The van der Waals surface area contributed by atoms with Gasteiger partial charge in [0.2, 0.25) is 0 Å². The van der Waals surface area contributed by atoms with Crippen LogP contribution in [0.5, 0.6) is 0 Å². The largest absolute Gasteiger partial charge is 0.361 e. The lowest BCUT2D eigenvalue weighted by Crippen LogP contribution is -2.51. The molecule has 1 aromatic heterocycles. The van der Waals surface area contributed by atoms with Crippen molar-refractivity contribution in [2.75, 3.05) is 6.54 Å². The fourth-order valence-corrected chi connectivity index (χ4v) is 3.57. The minimum atomic E-state index is 0.298. The summed E-state index contributed by atoms with van der Waals surface area (Å²) in [5.41, 5.74) is 10.3. The minimum absolute atomic E-state index is 0.298. The summed E-state index contributed by atoms with van der Waals surface area (Å²) in [5.74, 6) is 0.589. The Morgan fingerprint density at radius 3 is 3.18 bits per heavy atom. The maximum atomic E-state index is 6.09. The first-order valence-electron chi connectivity index (χ1n) is 6.41. The van der Waals surface area contributed by atoms with Crippen molar-refractivity contribution in [3.63, 3.8) is 0 Å². The van der Waals surface area contributed by atoms with Gasteiger partial charge in [-0.2, -0.15) is 0 Å². The highest BCUT2D eigenvalue weighted by Gasteiger charge is 2.34. The summed E-state index contributed by atoms with van der Waals surface area (Å²) in [7, 11) is 0. The SMILES string of the molecule is N[C@H]1CN[C@@H]2Cc3c[nH]c4cccc(c34)[C@H]2C1. The first-order chi connectivity index (χ1) is 8.33. The number of fused-ring (bicyclic) bond motifs is 2. The summed E-state index contributed by atoms with van der Waals surface area (Å²) in [5, 5.41) is 5.05. The molecule has 0 saturated carbocycles. The summed E-state index contributed by atoms with van der Waals surface area (Å²) in [6.07, 6.45) is 4.41. The standard InChI is InChI=1S/C14H17N3/c15-9-5-11-10-2-1-3-12-14(10)8(6-16-12)4-13(11)17-7-9/h1-3,6,9,11,13,16-17H,4-5,7,15H2/t9-,11-,13-/m1/s1. The molecule has 2 aliphatic rings. The van der Waals surface area contributed by atoms with Crippen LogP contribution in [0.3, 0.4) is 0 Å². The van der Waals surface area contributed by atoms with Crippen molar-refractivity contribution in [1.82, 2.24) is 10.3 Å². The Morgan fingerprint density at radius 2 is 2.24 bits per heavy atom. The van der Waals surface area contributed by atoms with Crippen LogP contribution < -0.4 is 11.1 Å². The average molecular weight is 227 g/mol. The Hall–Kier alpha value is -1.32. The second-order valence-corrected chi connectivity index (χ2v) is 5.40. The van der Waals surface area contributed by atoms with Gasteiger partial charge in [0, 0.05) is 41.6 Å². The molecule has 88 valence electrons. The maximum absolute atomic E-state index is 6.09. The van der Waals surface area contributed by atoms with Crippen LogP contribution in [0.25, 0.3) is 10.9 Å². The number of H-pyrrole nitrogens is 1. The summed E-state index contributed by atoms with van der Waals surface area (Å²) >= 11 is 0. The van der Waals surface area contributed by atoms with Crippen LogP contribution in [0.1, 0.15) is 23.5 Å². The predicted octanol–water partition coefficient (Wildman–Crippen LogP) is 1.50. The Morgan fingerprint density at radius 1 is 1.29 bits per heavy atom. The van der Waals surface area contributed by atoms with Crippen LogP contribution in [0.15, 0.2) is 24.4 Å². The highest BCUT2D eigenvalue weighted by Crippen LogP contribution is 2.40. The van der Waals surface area contributed by atoms with E-state index >= 15 is 0 Å². The van der Waals surface area contributed by atoms with E-state index in [1.165, 1.54) is 22.0 Å². The maximum Gasteiger partial charge on any atom is 0.0459 e. The van der Waals surface area contributed by atoms with Gasteiger partial charge in [0.1, 0.15) is 0 Å². The van der Waals surface area contributed by atoms with E-state index in [2.05, 4.69) is 34.7 Å². The molecule has 3 nitrogen and oxygen atoms in total. The smallest absolute Gasteiger partial charge is 0.0459 e. The summed E-state index contributed by atoms with van der Waals surface area (Å²) < 4.78 is 0. The zero-order valence-corrected chi connectivity index (χ0v) is 9.74. The molecular formula is C14H17N3. The number of aromatic amines is 1. The van der Waals surface area contributed by atoms with Gasteiger partial charge in [-0.1, -0.05) is 12.1 Å². The second-order valence-electron chi connectivity index (χ2n) is 5.40. The third-order valence-corrected chi connectivity index (χ3v) is 4.34. The molecule has 1 fully saturated rings. The molecule has 1 aliphatic heterocycles. The number of nitrogens with one attached hydrogen (secondary N) is 2. The average Bonchev–Trinajstić information content (AvgIpc) is 2.75. The van der Waals surface area contributed by atoms with Crippen molar-refractivity contribution in [2.24, 2.45) is 5.73 Å². The van der Waals surface area contributed by atoms with E-state index in [9.17, 15) is 0 Å². The lowest BCUT2D eigenvalue weighted by Gasteiger charge is -2.39. The number of rotatable bonds is 0. The molecule has 0 bridgehead atoms. The number of benzene rings is 1. The van der Waals surface area contributed by atoms with Crippen LogP contribution in [0.4, 0.5) is 0 Å².